The van der Waals surface area contributed by atoms with Gasteiger partial charge in [-0.3, -0.25) is 4.79 Å². The minimum absolute atomic E-state index is 0.0641. The van der Waals surface area contributed by atoms with Gasteiger partial charge in [-0.05, 0) is 61.8 Å². The van der Waals surface area contributed by atoms with Gasteiger partial charge in [-0.25, -0.2) is 4.68 Å². The molecular weight excluding hydrogens is 435 g/mol. The van der Waals surface area contributed by atoms with E-state index in [2.05, 4.69) is 11.8 Å². The number of anilines is 1. The maximum atomic E-state index is 12.4. The largest absolute Gasteiger partial charge is 0.484 e. The van der Waals surface area contributed by atoms with E-state index in [1.165, 1.54) is 12.1 Å². The molecule has 1 aromatic heterocycles. The van der Waals surface area contributed by atoms with Gasteiger partial charge in [0.05, 0.1) is 11.7 Å². The SMILES string of the molecule is CC#CC(=O)N1CC[C@]2(C1)C[C@H](n1nc(-c3ccc(OCC(F)(F)F)cc3)c(CN)c1N)C2. The average molecular weight is 461 g/mol. The highest BCUT2D eigenvalue weighted by Crippen LogP contribution is 2.54. The summed E-state index contributed by atoms with van der Waals surface area (Å²) in [6, 6.07) is 6.34. The van der Waals surface area contributed by atoms with Crippen molar-refractivity contribution < 1.29 is 22.7 Å². The Balaban J connectivity index is 1.47. The normalized spacial score (nSPS) is 22.1. The fourth-order valence-electron chi connectivity index (χ4n) is 4.81. The van der Waals surface area contributed by atoms with Crippen molar-refractivity contribution in [1.82, 2.24) is 14.7 Å². The Kier molecular flexibility index (Phi) is 6.01. The molecule has 1 amide bonds. The number of rotatable bonds is 5. The van der Waals surface area contributed by atoms with Crippen molar-refractivity contribution in [3.63, 3.8) is 0 Å². The Morgan fingerprint density at radius 1 is 1.30 bits per heavy atom. The lowest BCUT2D eigenvalue weighted by Crippen LogP contribution is -2.42. The molecule has 1 saturated heterocycles. The summed E-state index contributed by atoms with van der Waals surface area (Å²) >= 11 is 0. The first-order valence-corrected chi connectivity index (χ1v) is 10.7. The number of nitrogens with two attached hydrogens (primary N) is 2. The quantitative estimate of drug-likeness (QED) is 0.667. The van der Waals surface area contributed by atoms with Gasteiger partial charge in [0.25, 0.3) is 5.91 Å². The Labute approximate surface area is 189 Å². The minimum Gasteiger partial charge on any atom is -0.484 e. The highest BCUT2D eigenvalue weighted by atomic mass is 19.4. The van der Waals surface area contributed by atoms with Gasteiger partial charge < -0.3 is 21.1 Å². The van der Waals surface area contributed by atoms with Crippen LogP contribution in [0.15, 0.2) is 24.3 Å². The predicted octanol–water partition coefficient (Wildman–Crippen LogP) is 3.11. The van der Waals surface area contributed by atoms with Crippen LogP contribution in [-0.4, -0.2) is 46.5 Å². The molecule has 2 aliphatic rings. The fraction of sp³-hybridized carbons (Fsp3) is 0.478. The maximum Gasteiger partial charge on any atom is 0.422 e. The summed E-state index contributed by atoms with van der Waals surface area (Å²) in [5, 5.41) is 4.71. The summed E-state index contributed by atoms with van der Waals surface area (Å²) in [5.74, 6) is 5.74. The topological polar surface area (TPSA) is 99.4 Å². The molecule has 0 bridgehead atoms. The summed E-state index contributed by atoms with van der Waals surface area (Å²) in [6.45, 7) is 1.88. The van der Waals surface area contributed by atoms with E-state index >= 15 is 0 Å². The lowest BCUT2D eigenvalue weighted by Gasteiger charge is -2.45. The Bertz CT molecular complexity index is 1090. The van der Waals surface area contributed by atoms with E-state index < -0.39 is 12.8 Å². The van der Waals surface area contributed by atoms with Gasteiger partial charge in [0.2, 0.25) is 0 Å². The van der Waals surface area contributed by atoms with Crippen LogP contribution in [0.1, 0.15) is 37.8 Å². The van der Waals surface area contributed by atoms with Crippen molar-refractivity contribution >= 4 is 11.7 Å². The summed E-state index contributed by atoms with van der Waals surface area (Å²) in [6.07, 6.45) is -1.75. The monoisotopic (exact) mass is 461 g/mol. The van der Waals surface area contributed by atoms with Gasteiger partial charge in [0, 0.05) is 30.8 Å². The smallest absolute Gasteiger partial charge is 0.422 e. The van der Waals surface area contributed by atoms with Crippen molar-refractivity contribution in [3.05, 3.63) is 29.8 Å². The lowest BCUT2D eigenvalue weighted by molar-refractivity contribution is -0.153. The number of hydrogen-bond donors (Lipinski definition) is 2. The Hall–Kier alpha value is -3.19. The van der Waals surface area contributed by atoms with Crippen molar-refractivity contribution in [3.8, 4) is 28.8 Å². The second-order valence-corrected chi connectivity index (χ2v) is 8.70. The number of nitrogens with zero attached hydrogens (tertiary/aromatic N) is 3. The maximum absolute atomic E-state index is 12.4. The summed E-state index contributed by atoms with van der Waals surface area (Å²) in [7, 11) is 0. The molecule has 1 aliphatic heterocycles. The highest BCUT2D eigenvalue weighted by molar-refractivity contribution is 5.93. The first-order valence-electron chi connectivity index (χ1n) is 10.7. The molecule has 33 heavy (non-hydrogen) atoms. The number of ether oxygens (including phenoxy) is 1. The average Bonchev–Trinajstić information content (AvgIpc) is 3.33. The van der Waals surface area contributed by atoms with Crippen LogP contribution in [0.25, 0.3) is 11.3 Å². The number of carbonyl (C=O) groups is 1. The third-order valence-corrected chi connectivity index (χ3v) is 6.42. The molecule has 0 atom stereocenters. The van der Waals surface area contributed by atoms with Crippen LogP contribution in [-0.2, 0) is 11.3 Å². The molecule has 0 radical (unpaired) electrons. The van der Waals surface area contributed by atoms with E-state index in [4.69, 9.17) is 21.3 Å². The van der Waals surface area contributed by atoms with Gasteiger partial charge in [-0.2, -0.15) is 18.3 Å². The van der Waals surface area contributed by atoms with Crippen molar-refractivity contribution in [2.45, 2.75) is 44.9 Å². The molecule has 2 heterocycles. The zero-order chi connectivity index (χ0) is 23.8. The molecule has 1 aliphatic carbocycles. The molecule has 2 fully saturated rings. The summed E-state index contributed by atoms with van der Waals surface area (Å²) in [5.41, 5.74) is 14.4. The van der Waals surface area contributed by atoms with Crippen molar-refractivity contribution in [2.24, 2.45) is 11.1 Å². The number of halogens is 3. The van der Waals surface area contributed by atoms with Gasteiger partial charge in [0.1, 0.15) is 11.6 Å². The third kappa shape index (κ3) is 4.64. The molecule has 4 rings (SSSR count). The van der Waals surface area contributed by atoms with Gasteiger partial charge in [-0.1, -0.05) is 5.92 Å². The van der Waals surface area contributed by atoms with Crippen LogP contribution in [0, 0.1) is 17.3 Å². The first-order chi connectivity index (χ1) is 15.6. The van der Waals surface area contributed by atoms with E-state index in [1.807, 2.05) is 0 Å². The molecule has 1 spiro atoms. The zero-order valence-electron chi connectivity index (χ0n) is 18.3. The number of likely N-dealkylation sites (tertiary alicyclic amines) is 1. The second kappa shape index (κ2) is 8.63. The number of nitrogen functional groups attached to an aromatic ring is 1. The number of aromatic nitrogens is 2. The van der Waals surface area contributed by atoms with E-state index in [-0.39, 0.29) is 29.7 Å². The van der Waals surface area contributed by atoms with Gasteiger partial charge in [-0.15, -0.1) is 0 Å². The second-order valence-electron chi connectivity index (χ2n) is 8.70. The first kappa shape index (κ1) is 23.0. The van der Waals surface area contributed by atoms with Crippen molar-refractivity contribution in [1.29, 1.82) is 0 Å². The van der Waals surface area contributed by atoms with Gasteiger partial charge in [0.15, 0.2) is 6.61 Å². The van der Waals surface area contributed by atoms with Crippen LogP contribution >= 0.6 is 0 Å². The summed E-state index contributed by atoms with van der Waals surface area (Å²) in [4.78, 5) is 13.9. The van der Waals surface area contributed by atoms with Crippen molar-refractivity contribution in [2.75, 3.05) is 25.4 Å². The number of carbonyl (C=O) groups excluding carboxylic acids is 1. The zero-order valence-corrected chi connectivity index (χ0v) is 18.3. The molecule has 176 valence electrons. The van der Waals surface area contributed by atoms with Gasteiger partial charge >= 0.3 is 6.18 Å². The van der Waals surface area contributed by atoms with Crippen LogP contribution in [0.3, 0.4) is 0 Å². The molecule has 1 saturated carbocycles. The Morgan fingerprint density at radius 2 is 2.00 bits per heavy atom. The molecule has 10 heteroatoms. The van der Waals surface area contributed by atoms with E-state index in [0.29, 0.717) is 35.7 Å². The fourth-order valence-corrected chi connectivity index (χ4v) is 4.81. The number of alkyl halides is 3. The minimum atomic E-state index is -4.40. The molecular formula is C23H26F3N5O2. The molecule has 2 aromatic rings. The highest BCUT2D eigenvalue weighted by Gasteiger charge is 2.50. The molecule has 0 unspecified atom stereocenters. The number of benzene rings is 1. The number of hydrogen-bond acceptors (Lipinski definition) is 5. The molecule has 1 aromatic carbocycles. The van der Waals surface area contributed by atoms with Crippen LogP contribution in [0.5, 0.6) is 5.75 Å². The standard InChI is InChI=1S/C23H26F3N5O2/c1-2-3-19(32)30-9-8-22(13-30)10-16(11-22)31-21(28)18(12-27)20(29-31)15-4-6-17(7-5-15)33-14-23(24,25)26/h4-7,16H,8-14,27-28H2,1H3/t16-,22-. The van der Waals surface area contributed by atoms with E-state index in [0.717, 1.165) is 19.3 Å². The van der Waals surface area contributed by atoms with Crippen LogP contribution < -0.4 is 16.2 Å². The number of amides is 1. The van der Waals surface area contributed by atoms with E-state index in [9.17, 15) is 18.0 Å². The van der Waals surface area contributed by atoms with E-state index in [1.54, 1.807) is 28.6 Å². The molecule has 4 N–H and O–H groups in total. The Morgan fingerprint density at radius 3 is 2.61 bits per heavy atom. The predicted molar refractivity (Wildman–Crippen MR) is 117 cm³/mol. The van der Waals surface area contributed by atoms with Crippen LogP contribution in [0.4, 0.5) is 19.0 Å². The van der Waals surface area contributed by atoms with Crippen LogP contribution in [0.2, 0.25) is 0 Å². The molecule has 7 nitrogen and oxygen atoms in total. The third-order valence-electron chi connectivity index (χ3n) is 6.42. The lowest BCUT2D eigenvalue weighted by atomic mass is 9.65. The summed E-state index contributed by atoms with van der Waals surface area (Å²) < 4.78 is 43.7.